The summed E-state index contributed by atoms with van der Waals surface area (Å²) in [6.45, 7) is 2.61. The third-order valence-electron chi connectivity index (χ3n) is 4.02. The first-order valence-corrected chi connectivity index (χ1v) is 9.05. The highest BCUT2D eigenvalue weighted by Crippen LogP contribution is 2.39. The predicted octanol–water partition coefficient (Wildman–Crippen LogP) is 4.63. The van der Waals surface area contributed by atoms with Gasteiger partial charge in [-0.25, -0.2) is 0 Å². The summed E-state index contributed by atoms with van der Waals surface area (Å²) in [4.78, 5) is 12.6. The summed E-state index contributed by atoms with van der Waals surface area (Å²) >= 11 is 12.3. The lowest BCUT2D eigenvalue weighted by atomic mass is 10.1. The molecule has 8 heteroatoms. The Bertz CT molecular complexity index is 1010. The fourth-order valence-electron chi connectivity index (χ4n) is 2.65. The zero-order valence-corrected chi connectivity index (χ0v) is 16.6. The molecule has 0 atom stereocenters. The van der Waals surface area contributed by atoms with Crippen molar-refractivity contribution in [2.45, 2.75) is 6.92 Å². The second-order valence-electron chi connectivity index (χ2n) is 5.95. The summed E-state index contributed by atoms with van der Waals surface area (Å²) in [6, 6.07) is 8.44. The monoisotopic (exact) mass is 418 g/mol. The molecule has 0 bridgehead atoms. The molecule has 0 unspecified atom stereocenters. The number of nitrogens with zero attached hydrogens (tertiary/aromatic N) is 1. The maximum absolute atomic E-state index is 12.6. The van der Waals surface area contributed by atoms with Crippen LogP contribution in [0.5, 0.6) is 17.2 Å². The van der Waals surface area contributed by atoms with Crippen molar-refractivity contribution >= 4 is 40.9 Å². The van der Waals surface area contributed by atoms with Crippen LogP contribution in [0.15, 0.2) is 29.8 Å². The van der Waals surface area contributed by atoms with Crippen LogP contribution in [-0.2, 0) is 4.79 Å². The number of benzene rings is 2. The van der Waals surface area contributed by atoms with Crippen LogP contribution in [0.2, 0.25) is 10.0 Å². The highest BCUT2D eigenvalue weighted by atomic mass is 35.5. The van der Waals surface area contributed by atoms with Crippen LogP contribution in [0.4, 0.5) is 5.69 Å². The lowest BCUT2D eigenvalue weighted by molar-refractivity contribution is -0.112. The number of carbonyl (C=O) groups is 1. The van der Waals surface area contributed by atoms with E-state index >= 15 is 0 Å². The van der Waals surface area contributed by atoms with Crippen LogP contribution in [0.25, 0.3) is 6.08 Å². The molecule has 0 aliphatic carbocycles. The van der Waals surface area contributed by atoms with Gasteiger partial charge in [0.05, 0.1) is 17.8 Å². The molecular formula is C20H16Cl2N2O4. The molecule has 1 amide bonds. The van der Waals surface area contributed by atoms with Crippen molar-refractivity contribution in [1.29, 1.82) is 5.26 Å². The number of amides is 1. The zero-order valence-electron chi connectivity index (χ0n) is 15.1. The van der Waals surface area contributed by atoms with E-state index in [2.05, 4.69) is 5.32 Å². The molecule has 2 aromatic carbocycles. The van der Waals surface area contributed by atoms with E-state index in [1.807, 2.05) is 6.07 Å². The maximum atomic E-state index is 12.6. The largest absolute Gasteiger partial charge is 0.495 e. The van der Waals surface area contributed by atoms with Crippen molar-refractivity contribution in [3.8, 4) is 23.3 Å². The van der Waals surface area contributed by atoms with Crippen molar-refractivity contribution in [1.82, 2.24) is 0 Å². The summed E-state index contributed by atoms with van der Waals surface area (Å²) in [5.41, 5.74) is 1.61. The van der Waals surface area contributed by atoms with Crippen LogP contribution in [0, 0.1) is 18.3 Å². The Morgan fingerprint density at radius 1 is 1.21 bits per heavy atom. The summed E-state index contributed by atoms with van der Waals surface area (Å²) in [6.07, 6.45) is 1.43. The lowest BCUT2D eigenvalue weighted by Gasteiger charge is -2.19. The van der Waals surface area contributed by atoms with E-state index in [1.54, 1.807) is 31.2 Å². The van der Waals surface area contributed by atoms with Gasteiger partial charge in [0, 0.05) is 11.1 Å². The molecule has 0 spiro atoms. The topological polar surface area (TPSA) is 80.6 Å². The van der Waals surface area contributed by atoms with Gasteiger partial charge < -0.3 is 19.5 Å². The Balaban J connectivity index is 1.90. The molecular weight excluding hydrogens is 403 g/mol. The summed E-state index contributed by atoms with van der Waals surface area (Å²) in [5.74, 6) is 0.726. The standard InChI is InChI=1S/C20H16Cl2N2O4/c1-11-5-16(17(26-2)9-14(11)21)24-20(25)13(10-23)6-12-7-15(22)19-18(8-12)27-3-4-28-19/h5-9H,3-4H2,1-2H3,(H,24,25)/b13-6+. The summed E-state index contributed by atoms with van der Waals surface area (Å²) in [7, 11) is 1.47. The minimum Gasteiger partial charge on any atom is -0.495 e. The number of nitrogens with one attached hydrogen (secondary N) is 1. The molecule has 0 radical (unpaired) electrons. The van der Waals surface area contributed by atoms with Crippen molar-refractivity contribution in [2.75, 3.05) is 25.6 Å². The molecule has 28 heavy (non-hydrogen) atoms. The Morgan fingerprint density at radius 2 is 1.96 bits per heavy atom. The summed E-state index contributed by atoms with van der Waals surface area (Å²) < 4.78 is 16.2. The molecule has 2 aromatic rings. The first kappa shape index (κ1) is 19.9. The van der Waals surface area contributed by atoms with E-state index in [9.17, 15) is 10.1 Å². The first-order valence-electron chi connectivity index (χ1n) is 8.29. The third kappa shape index (κ3) is 4.16. The second kappa shape index (κ2) is 8.42. The van der Waals surface area contributed by atoms with Gasteiger partial charge in [0.1, 0.15) is 30.6 Å². The summed E-state index contributed by atoms with van der Waals surface area (Å²) in [5, 5.41) is 13.0. The van der Waals surface area contributed by atoms with Crippen molar-refractivity contribution in [2.24, 2.45) is 0 Å². The molecule has 3 rings (SSSR count). The Labute approximate surface area is 172 Å². The van der Waals surface area contributed by atoms with Crippen molar-refractivity contribution in [3.05, 3.63) is 51.0 Å². The van der Waals surface area contributed by atoms with Gasteiger partial charge in [-0.1, -0.05) is 23.2 Å². The highest BCUT2D eigenvalue weighted by Gasteiger charge is 2.18. The third-order valence-corrected chi connectivity index (χ3v) is 4.71. The minimum atomic E-state index is -0.589. The number of methoxy groups -OCH3 is 1. The molecule has 6 nitrogen and oxygen atoms in total. The van der Waals surface area contributed by atoms with E-state index in [-0.39, 0.29) is 5.57 Å². The minimum absolute atomic E-state index is 0.109. The number of hydrogen-bond donors (Lipinski definition) is 1. The highest BCUT2D eigenvalue weighted by molar-refractivity contribution is 6.32. The number of fused-ring (bicyclic) bond motifs is 1. The molecule has 0 fully saturated rings. The van der Waals surface area contributed by atoms with E-state index in [4.69, 9.17) is 37.4 Å². The number of ether oxygens (including phenoxy) is 3. The fraction of sp³-hybridized carbons (Fsp3) is 0.200. The fourth-order valence-corrected chi connectivity index (χ4v) is 3.08. The first-order chi connectivity index (χ1) is 13.4. The van der Waals surface area contributed by atoms with Gasteiger partial charge in [-0.2, -0.15) is 5.26 Å². The SMILES string of the molecule is COc1cc(Cl)c(C)cc1NC(=O)/C(C#N)=C/c1cc(Cl)c2c(c1)OCCO2. The Kier molecular flexibility index (Phi) is 5.98. The molecule has 1 aliphatic rings. The maximum Gasteiger partial charge on any atom is 0.266 e. The van der Waals surface area contributed by atoms with Gasteiger partial charge in [0.2, 0.25) is 0 Å². The van der Waals surface area contributed by atoms with Crippen LogP contribution < -0.4 is 19.5 Å². The number of hydrogen-bond acceptors (Lipinski definition) is 5. The van der Waals surface area contributed by atoms with Crippen LogP contribution in [0.3, 0.4) is 0 Å². The molecule has 0 saturated carbocycles. The quantitative estimate of drug-likeness (QED) is 0.578. The van der Waals surface area contributed by atoms with Gasteiger partial charge in [-0.3, -0.25) is 4.79 Å². The van der Waals surface area contributed by atoms with Crippen molar-refractivity contribution < 1.29 is 19.0 Å². The second-order valence-corrected chi connectivity index (χ2v) is 6.77. The van der Waals surface area contributed by atoms with Crippen LogP contribution in [-0.4, -0.2) is 26.2 Å². The van der Waals surface area contributed by atoms with E-state index in [0.717, 1.165) is 5.56 Å². The van der Waals surface area contributed by atoms with Gasteiger partial charge in [-0.05, 0) is 42.3 Å². The van der Waals surface area contributed by atoms with Crippen LogP contribution in [0.1, 0.15) is 11.1 Å². The number of anilines is 1. The Hall–Kier alpha value is -2.88. The van der Waals surface area contributed by atoms with Gasteiger partial charge in [0.25, 0.3) is 5.91 Å². The van der Waals surface area contributed by atoms with Gasteiger partial charge >= 0.3 is 0 Å². The van der Waals surface area contributed by atoms with Gasteiger partial charge in [-0.15, -0.1) is 0 Å². The average Bonchev–Trinajstić information content (AvgIpc) is 2.68. The normalized spacial score (nSPS) is 12.9. The molecule has 1 heterocycles. The lowest BCUT2D eigenvalue weighted by Crippen LogP contribution is -2.16. The van der Waals surface area contributed by atoms with E-state index in [0.29, 0.717) is 51.8 Å². The van der Waals surface area contributed by atoms with Crippen molar-refractivity contribution in [3.63, 3.8) is 0 Å². The smallest absolute Gasteiger partial charge is 0.266 e. The molecule has 1 aliphatic heterocycles. The number of nitriles is 1. The van der Waals surface area contributed by atoms with Crippen LogP contribution >= 0.6 is 23.2 Å². The number of aryl methyl sites for hydroxylation is 1. The van der Waals surface area contributed by atoms with Gasteiger partial charge in [0.15, 0.2) is 11.5 Å². The molecule has 144 valence electrons. The predicted molar refractivity (Wildman–Crippen MR) is 107 cm³/mol. The molecule has 1 N–H and O–H groups in total. The van der Waals surface area contributed by atoms with E-state index < -0.39 is 5.91 Å². The zero-order chi connectivity index (χ0) is 20.3. The van der Waals surface area contributed by atoms with E-state index in [1.165, 1.54) is 13.2 Å². The number of carbonyl (C=O) groups excluding carboxylic acids is 1. The Morgan fingerprint density at radius 3 is 2.68 bits per heavy atom. The number of rotatable bonds is 4. The number of halogens is 2. The molecule has 0 aromatic heterocycles. The average molecular weight is 419 g/mol. The molecule has 0 saturated heterocycles.